The van der Waals surface area contributed by atoms with Crippen molar-refractivity contribution in [1.82, 2.24) is 0 Å². The lowest BCUT2D eigenvalue weighted by molar-refractivity contribution is -0.161. The van der Waals surface area contributed by atoms with Gasteiger partial charge in [-0.3, -0.25) is 37.3 Å². The van der Waals surface area contributed by atoms with Crippen LogP contribution in [0.2, 0.25) is 0 Å². The Balaban J connectivity index is 5.20. The fourth-order valence-corrected chi connectivity index (χ4v) is 13.9. The zero-order chi connectivity index (χ0) is 73.0. The molecule has 0 aliphatic rings. The van der Waals surface area contributed by atoms with Crippen molar-refractivity contribution in [2.45, 2.75) is 433 Å². The Morgan fingerprint density at radius 1 is 0.273 bits per heavy atom. The summed E-state index contributed by atoms with van der Waals surface area (Å²) in [4.78, 5) is 72.9. The molecule has 0 bridgehead atoms. The molecule has 588 valence electrons. The maximum atomic E-state index is 13.1. The lowest BCUT2D eigenvalue weighted by atomic mass is 10.0. The Morgan fingerprint density at radius 3 is 0.687 bits per heavy atom. The maximum Gasteiger partial charge on any atom is 0.472 e. The number of esters is 4. The zero-order valence-electron chi connectivity index (χ0n) is 65.0. The van der Waals surface area contributed by atoms with Crippen LogP contribution in [0, 0.1) is 17.8 Å². The fraction of sp³-hybridized carbons (Fsp3) is 0.950. The molecule has 0 saturated heterocycles. The maximum absolute atomic E-state index is 13.1. The van der Waals surface area contributed by atoms with Gasteiger partial charge in [-0.05, 0) is 43.4 Å². The minimum absolute atomic E-state index is 0.103. The summed E-state index contributed by atoms with van der Waals surface area (Å²) in [7, 11) is -9.92. The highest BCUT2D eigenvalue weighted by Gasteiger charge is 2.30. The van der Waals surface area contributed by atoms with Gasteiger partial charge in [0, 0.05) is 25.7 Å². The predicted octanol–water partition coefficient (Wildman–Crippen LogP) is 23.7. The van der Waals surface area contributed by atoms with Gasteiger partial charge in [0.1, 0.15) is 19.3 Å². The molecule has 0 spiro atoms. The summed E-state index contributed by atoms with van der Waals surface area (Å²) in [6, 6.07) is 0. The van der Waals surface area contributed by atoms with Gasteiger partial charge in [-0.1, -0.05) is 363 Å². The second-order valence-corrected chi connectivity index (χ2v) is 33.1. The van der Waals surface area contributed by atoms with Crippen molar-refractivity contribution >= 4 is 39.5 Å². The Kier molecular flexibility index (Phi) is 69.0. The number of carbonyl (C=O) groups excluding carboxylic acids is 4. The standard InChI is InChI=1S/C80H156O17P2/c1-8-9-10-11-12-13-14-15-16-17-18-19-20-25-28-31-34-40-49-56-63-79(84)96-75(67-90-77(82)61-54-47-39-33-30-27-24-22-21-23-26-29-32-37-44-51-58-71(2)3)69-94-98(86,87)92-65-74(81)66-93-99(88,89)95-70-76(68-91-78(83)62-55-48-43-42-46-53-60-73(6)7)97-80(85)64-57-50-41-36-35-38-45-52-59-72(4)5/h71-76,81H,8-70H2,1-7H3,(H,86,87)(H,88,89)/t74-,75-,76-/m1/s1. The summed E-state index contributed by atoms with van der Waals surface area (Å²) in [5.41, 5.74) is 0. The van der Waals surface area contributed by atoms with Crippen molar-refractivity contribution in [3.8, 4) is 0 Å². The average Bonchev–Trinajstić information content (AvgIpc) is 1.23. The Morgan fingerprint density at radius 2 is 0.465 bits per heavy atom. The second-order valence-electron chi connectivity index (χ2n) is 30.2. The van der Waals surface area contributed by atoms with Crippen LogP contribution < -0.4 is 0 Å². The smallest absolute Gasteiger partial charge is 0.462 e. The van der Waals surface area contributed by atoms with E-state index in [9.17, 15) is 43.2 Å². The molecule has 0 aromatic heterocycles. The van der Waals surface area contributed by atoms with E-state index < -0.39 is 97.5 Å². The monoisotopic (exact) mass is 1450 g/mol. The Bertz CT molecular complexity index is 1920. The van der Waals surface area contributed by atoms with Gasteiger partial charge >= 0.3 is 39.5 Å². The summed E-state index contributed by atoms with van der Waals surface area (Å²) < 4.78 is 68.6. The van der Waals surface area contributed by atoms with Gasteiger partial charge in [-0.25, -0.2) is 9.13 Å². The van der Waals surface area contributed by atoms with Crippen LogP contribution in [0.1, 0.15) is 414 Å². The van der Waals surface area contributed by atoms with Crippen molar-refractivity contribution in [3.63, 3.8) is 0 Å². The van der Waals surface area contributed by atoms with Crippen LogP contribution in [0.15, 0.2) is 0 Å². The van der Waals surface area contributed by atoms with E-state index in [2.05, 4.69) is 48.5 Å². The highest BCUT2D eigenvalue weighted by molar-refractivity contribution is 7.47. The van der Waals surface area contributed by atoms with Gasteiger partial charge in [0.25, 0.3) is 0 Å². The van der Waals surface area contributed by atoms with Gasteiger partial charge in [-0.15, -0.1) is 0 Å². The largest absolute Gasteiger partial charge is 0.472 e. The topological polar surface area (TPSA) is 237 Å². The quantitative estimate of drug-likeness (QED) is 0.0222. The van der Waals surface area contributed by atoms with Gasteiger partial charge in [0.05, 0.1) is 26.4 Å². The van der Waals surface area contributed by atoms with E-state index in [1.54, 1.807) is 0 Å². The van der Waals surface area contributed by atoms with Gasteiger partial charge < -0.3 is 33.8 Å². The van der Waals surface area contributed by atoms with Crippen LogP contribution in [0.4, 0.5) is 0 Å². The third-order valence-electron chi connectivity index (χ3n) is 18.6. The first-order valence-corrected chi connectivity index (χ1v) is 44.3. The predicted molar refractivity (Wildman–Crippen MR) is 405 cm³/mol. The molecule has 5 atom stereocenters. The van der Waals surface area contributed by atoms with Gasteiger partial charge in [0.15, 0.2) is 12.2 Å². The number of hydrogen-bond acceptors (Lipinski definition) is 15. The Labute approximate surface area is 607 Å². The average molecular weight is 1450 g/mol. The summed E-state index contributed by atoms with van der Waals surface area (Å²) in [5, 5.41) is 10.6. The van der Waals surface area contributed by atoms with Crippen LogP contribution in [-0.4, -0.2) is 96.7 Å². The highest BCUT2D eigenvalue weighted by Crippen LogP contribution is 2.45. The molecule has 0 saturated carbocycles. The first kappa shape index (κ1) is 97.1. The van der Waals surface area contributed by atoms with E-state index in [1.807, 2.05) is 0 Å². The minimum Gasteiger partial charge on any atom is -0.462 e. The number of unbranched alkanes of at least 4 members (excludes halogenated alkanes) is 46. The molecule has 0 amide bonds. The molecule has 0 radical (unpaired) electrons. The second kappa shape index (κ2) is 70.4. The first-order valence-electron chi connectivity index (χ1n) is 41.3. The molecule has 2 unspecified atom stereocenters. The van der Waals surface area contributed by atoms with E-state index in [0.29, 0.717) is 31.6 Å². The Hall–Kier alpha value is -1.94. The van der Waals surface area contributed by atoms with Crippen LogP contribution in [0.3, 0.4) is 0 Å². The van der Waals surface area contributed by atoms with Crippen molar-refractivity contribution in [2.24, 2.45) is 17.8 Å². The van der Waals surface area contributed by atoms with Crippen LogP contribution in [-0.2, 0) is 65.4 Å². The van der Waals surface area contributed by atoms with Crippen LogP contribution >= 0.6 is 15.6 Å². The number of hydrogen-bond donors (Lipinski definition) is 3. The zero-order valence-corrected chi connectivity index (χ0v) is 66.8. The molecule has 0 heterocycles. The lowest BCUT2D eigenvalue weighted by Crippen LogP contribution is -2.30. The van der Waals surface area contributed by atoms with E-state index in [4.69, 9.17) is 37.0 Å². The normalized spacial score (nSPS) is 14.0. The molecular formula is C80H156O17P2. The van der Waals surface area contributed by atoms with Crippen LogP contribution in [0.5, 0.6) is 0 Å². The van der Waals surface area contributed by atoms with Gasteiger partial charge in [-0.2, -0.15) is 0 Å². The molecule has 17 nitrogen and oxygen atoms in total. The lowest BCUT2D eigenvalue weighted by Gasteiger charge is -2.21. The minimum atomic E-state index is -4.96. The summed E-state index contributed by atoms with van der Waals surface area (Å²) in [6.07, 6.45) is 58.7. The molecule has 0 fully saturated rings. The van der Waals surface area contributed by atoms with Crippen molar-refractivity contribution < 1.29 is 80.2 Å². The summed E-state index contributed by atoms with van der Waals surface area (Å²) >= 11 is 0. The molecule has 3 N–H and O–H groups in total. The number of ether oxygens (including phenoxy) is 4. The molecule has 19 heteroatoms. The molecular weight excluding hydrogens is 1290 g/mol. The van der Waals surface area contributed by atoms with E-state index in [0.717, 1.165) is 108 Å². The molecule has 0 aliphatic carbocycles. The van der Waals surface area contributed by atoms with Crippen molar-refractivity contribution in [3.05, 3.63) is 0 Å². The number of carbonyl (C=O) groups is 4. The van der Waals surface area contributed by atoms with E-state index >= 15 is 0 Å². The number of aliphatic hydroxyl groups excluding tert-OH is 1. The van der Waals surface area contributed by atoms with Gasteiger partial charge in [0.2, 0.25) is 0 Å². The molecule has 0 aromatic carbocycles. The molecule has 0 aromatic rings. The van der Waals surface area contributed by atoms with Crippen molar-refractivity contribution in [1.29, 1.82) is 0 Å². The molecule has 0 aliphatic heterocycles. The number of phosphoric ester groups is 2. The summed E-state index contributed by atoms with van der Waals surface area (Å²) in [5.74, 6) is 0.0926. The SMILES string of the molecule is CCCCCCCCCCCCCCCCCCCCCCC(=O)O[C@H](COC(=O)CCCCCCCCCCCCCCCCCCC(C)C)COP(=O)(O)OC[C@@H](O)COP(=O)(O)OC[C@@H](COC(=O)CCCCCCCCC(C)C)OC(=O)CCCCCCCCCCC(C)C. The van der Waals surface area contributed by atoms with Crippen LogP contribution in [0.25, 0.3) is 0 Å². The summed E-state index contributed by atoms with van der Waals surface area (Å²) in [6.45, 7) is 11.8. The third kappa shape index (κ3) is 74.1. The van der Waals surface area contributed by atoms with Crippen molar-refractivity contribution in [2.75, 3.05) is 39.6 Å². The van der Waals surface area contributed by atoms with E-state index in [-0.39, 0.29) is 25.7 Å². The third-order valence-corrected chi connectivity index (χ3v) is 20.5. The number of phosphoric acid groups is 2. The molecule has 0 rings (SSSR count). The fourth-order valence-electron chi connectivity index (χ4n) is 12.3. The molecule has 99 heavy (non-hydrogen) atoms. The number of aliphatic hydroxyl groups is 1. The highest BCUT2D eigenvalue weighted by atomic mass is 31.2. The first-order chi connectivity index (χ1) is 47.7. The number of rotatable bonds is 78. The van der Waals surface area contributed by atoms with E-state index in [1.165, 1.54) is 218 Å².